The first-order valence-electron chi connectivity index (χ1n) is 9.24. The van der Waals surface area contributed by atoms with Gasteiger partial charge in [0.05, 0.1) is 17.3 Å². The average Bonchev–Trinajstić information content (AvgIpc) is 3.05. The van der Waals surface area contributed by atoms with E-state index in [1.54, 1.807) is 31.2 Å². The predicted octanol–water partition coefficient (Wildman–Crippen LogP) is 4.22. The number of aromatic nitrogens is 1. The summed E-state index contributed by atoms with van der Waals surface area (Å²) in [5.41, 5.74) is 1.66. The van der Waals surface area contributed by atoms with Crippen molar-refractivity contribution in [1.82, 2.24) is 10.5 Å². The smallest absolute Gasteiger partial charge is 0.267 e. The molecular weight excluding hydrogens is 390 g/mol. The molecule has 0 aliphatic carbocycles. The summed E-state index contributed by atoms with van der Waals surface area (Å²) in [5.74, 6) is -0.176. The van der Waals surface area contributed by atoms with Gasteiger partial charge in [0.2, 0.25) is 0 Å². The van der Waals surface area contributed by atoms with Crippen LogP contribution in [-0.4, -0.2) is 19.5 Å². The van der Waals surface area contributed by atoms with Gasteiger partial charge < -0.3 is 9.84 Å². The van der Waals surface area contributed by atoms with E-state index in [0.29, 0.717) is 6.42 Å². The summed E-state index contributed by atoms with van der Waals surface area (Å²) in [6, 6.07) is 15.9. The van der Waals surface area contributed by atoms with Gasteiger partial charge in [-0.3, -0.25) is 9.52 Å². The molecule has 2 aromatic carbocycles. The minimum Gasteiger partial charge on any atom is -0.360 e. The maximum absolute atomic E-state index is 12.9. The molecule has 0 aliphatic heterocycles. The maximum Gasteiger partial charge on any atom is 0.267 e. The molecule has 1 atom stereocenters. The summed E-state index contributed by atoms with van der Waals surface area (Å²) in [6.45, 7) is 5.05. The molecule has 0 saturated carbocycles. The van der Waals surface area contributed by atoms with Crippen LogP contribution in [0.15, 0.2) is 64.0 Å². The van der Waals surface area contributed by atoms with E-state index in [9.17, 15) is 13.2 Å². The van der Waals surface area contributed by atoms with Crippen molar-refractivity contribution in [3.8, 4) is 0 Å². The number of aryl methyl sites for hydroxylation is 2. The van der Waals surface area contributed by atoms with Crippen LogP contribution >= 0.6 is 0 Å². The van der Waals surface area contributed by atoms with Crippen LogP contribution in [0, 0.1) is 13.8 Å². The van der Waals surface area contributed by atoms with Crippen LogP contribution in [0.4, 0.5) is 5.69 Å². The van der Waals surface area contributed by atoms with E-state index in [1.165, 1.54) is 6.92 Å². The largest absolute Gasteiger partial charge is 0.360 e. The van der Waals surface area contributed by atoms with Gasteiger partial charge in [0, 0.05) is 1.43 Å². The van der Waals surface area contributed by atoms with Crippen molar-refractivity contribution in [2.24, 2.45) is 0 Å². The van der Waals surface area contributed by atoms with Gasteiger partial charge >= 0.3 is 0 Å². The van der Waals surface area contributed by atoms with E-state index in [4.69, 9.17) is 4.52 Å². The third kappa shape index (κ3) is 4.48. The number of nitrogens with one attached hydrogen (secondary N) is 2. The Balaban J connectivity index is 0.00000320. The summed E-state index contributed by atoms with van der Waals surface area (Å²) < 4.78 is 33.1. The fourth-order valence-corrected chi connectivity index (χ4v) is 4.58. The second-order valence-corrected chi connectivity index (χ2v) is 8.27. The molecule has 1 heterocycles. The van der Waals surface area contributed by atoms with E-state index < -0.39 is 10.0 Å². The van der Waals surface area contributed by atoms with Gasteiger partial charge in [0.25, 0.3) is 15.9 Å². The van der Waals surface area contributed by atoms with Gasteiger partial charge in [0.1, 0.15) is 5.69 Å². The van der Waals surface area contributed by atoms with E-state index >= 15 is 0 Å². The summed E-state index contributed by atoms with van der Waals surface area (Å²) in [4.78, 5) is 12.9. The monoisotopic (exact) mass is 415 g/mol. The van der Waals surface area contributed by atoms with Crippen LogP contribution in [0.2, 0.25) is 0 Å². The van der Waals surface area contributed by atoms with Crippen LogP contribution in [-0.2, 0) is 10.0 Å². The lowest BCUT2D eigenvalue weighted by atomic mass is 10.0. The molecule has 3 aromatic rings. The second kappa shape index (κ2) is 8.48. The number of carbonyl (C=O) groups excluding carboxylic acids is 1. The lowest BCUT2D eigenvalue weighted by Crippen LogP contribution is -2.29. The van der Waals surface area contributed by atoms with E-state index in [-0.39, 0.29) is 41.0 Å². The van der Waals surface area contributed by atoms with Gasteiger partial charge in [-0.05, 0) is 38.0 Å². The maximum atomic E-state index is 12.9. The highest BCUT2D eigenvalue weighted by molar-refractivity contribution is 7.92. The molecule has 0 spiro atoms. The number of hydrogen-bond donors (Lipinski definition) is 2. The molecule has 0 bridgehead atoms. The highest BCUT2D eigenvalue weighted by Crippen LogP contribution is 2.25. The predicted molar refractivity (Wildman–Crippen MR) is 112 cm³/mol. The van der Waals surface area contributed by atoms with Gasteiger partial charge in [-0.25, -0.2) is 8.42 Å². The molecule has 154 valence electrons. The zero-order valence-electron chi connectivity index (χ0n) is 16.5. The Labute approximate surface area is 171 Å². The Morgan fingerprint density at radius 2 is 1.76 bits per heavy atom. The minimum absolute atomic E-state index is 0. The summed E-state index contributed by atoms with van der Waals surface area (Å²) in [7, 11) is -3.96. The van der Waals surface area contributed by atoms with E-state index in [0.717, 1.165) is 5.56 Å². The molecule has 2 N–H and O–H groups in total. The number of amides is 1. The normalized spacial score (nSPS) is 12.4. The Hall–Kier alpha value is -3.13. The van der Waals surface area contributed by atoms with Crippen molar-refractivity contribution in [3.63, 3.8) is 0 Å². The number of benzene rings is 2. The Bertz CT molecular complexity index is 1090. The van der Waals surface area contributed by atoms with Crippen LogP contribution in [0.1, 0.15) is 48.2 Å². The van der Waals surface area contributed by atoms with Crippen LogP contribution < -0.4 is 10.0 Å². The number of nitrogens with zero attached hydrogens (tertiary/aromatic N) is 1. The van der Waals surface area contributed by atoms with Crippen molar-refractivity contribution in [3.05, 3.63) is 77.2 Å². The minimum atomic E-state index is -3.96. The van der Waals surface area contributed by atoms with Crippen LogP contribution in [0.3, 0.4) is 0 Å². The van der Waals surface area contributed by atoms with Crippen LogP contribution in [0.25, 0.3) is 0 Å². The van der Waals surface area contributed by atoms with Crippen molar-refractivity contribution >= 4 is 21.6 Å². The highest BCUT2D eigenvalue weighted by atomic mass is 32.2. The van der Waals surface area contributed by atoms with Gasteiger partial charge in [-0.2, -0.15) is 0 Å². The summed E-state index contributed by atoms with van der Waals surface area (Å²) in [6.07, 6.45) is 0.697. The SMILES string of the molecule is CC[C@H](NC(=O)c1ccccc1NS(=O)(=O)c1c(C)noc1C)c1ccccc1.[HH]. The Morgan fingerprint density at radius 1 is 1.10 bits per heavy atom. The van der Waals surface area contributed by atoms with E-state index in [1.807, 2.05) is 37.3 Å². The zero-order chi connectivity index (χ0) is 21.0. The molecule has 3 rings (SSSR count). The fraction of sp³-hybridized carbons (Fsp3) is 0.238. The Morgan fingerprint density at radius 3 is 2.38 bits per heavy atom. The number of hydrogen-bond acceptors (Lipinski definition) is 5. The molecule has 1 amide bonds. The third-order valence-corrected chi connectivity index (χ3v) is 6.18. The summed E-state index contributed by atoms with van der Waals surface area (Å²) >= 11 is 0. The highest BCUT2D eigenvalue weighted by Gasteiger charge is 2.26. The molecule has 0 unspecified atom stereocenters. The molecule has 0 aliphatic rings. The van der Waals surface area contributed by atoms with Crippen molar-refractivity contribution in [2.45, 2.75) is 38.1 Å². The van der Waals surface area contributed by atoms with Crippen molar-refractivity contribution < 1.29 is 19.2 Å². The van der Waals surface area contributed by atoms with Crippen molar-refractivity contribution in [2.75, 3.05) is 4.72 Å². The molecule has 0 saturated heterocycles. The van der Waals surface area contributed by atoms with Crippen LogP contribution in [0.5, 0.6) is 0 Å². The molecule has 29 heavy (non-hydrogen) atoms. The number of carbonyl (C=O) groups is 1. The molecule has 0 fully saturated rings. The Kier molecular flexibility index (Phi) is 6.03. The topological polar surface area (TPSA) is 101 Å². The van der Waals surface area contributed by atoms with Crippen molar-refractivity contribution in [1.29, 1.82) is 0 Å². The van der Waals surface area contributed by atoms with Gasteiger partial charge in [-0.15, -0.1) is 0 Å². The molecule has 0 radical (unpaired) electrons. The first kappa shape index (κ1) is 20.6. The fourth-order valence-electron chi connectivity index (χ4n) is 3.17. The third-order valence-electron chi connectivity index (χ3n) is 4.57. The first-order valence-corrected chi connectivity index (χ1v) is 10.7. The number of para-hydroxylation sites is 1. The summed E-state index contributed by atoms with van der Waals surface area (Å²) in [5, 5.41) is 6.67. The van der Waals surface area contributed by atoms with E-state index in [2.05, 4.69) is 15.2 Å². The quantitative estimate of drug-likeness (QED) is 0.602. The lowest BCUT2D eigenvalue weighted by molar-refractivity contribution is 0.0936. The number of rotatable bonds is 7. The van der Waals surface area contributed by atoms with Gasteiger partial charge in [-0.1, -0.05) is 54.5 Å². The second-order valence-electron chi connectivity index (χ2n) is 6.65. The molecule has 8 heteroatoms. The molecule has 7 nitrogen and oxygen atoms in total. The molecule has 1 aromatic heterocycles. The zero-order valence-corrected chi connectivity index (χ0v) is 17.3. The molecular formula is C21H25N3O4S. The standard InChI is InChI=1S/C21H23N3O4S.H2/c1-4-18(16-10-6-5-7-11-16)22-21(25)17-12-8-9-13-19(17)24-29(26,27)20-14(2)23-28-15(20)3;/h5-13,18,24H,4H2,1-3H3,(H,22,25);1H/t18-;/m0./s1. The van der Waals surface area contributed by atoms with Gasteiger partial charge in [0.15, 0.2) is 10.7 Å². The number of sulfonamides is 1. The average molecular weight is 416 g/mol. The lowest BCUT2D eigenvalue weighted by Gasteiger charge is -2.19. The number of anilines is 1. The first-order chi connectivity index (χ1) is 13.8.